The molecule has 0 unspecified atom stereocenters. The third-order valence-electron chi connectivity index (χ3n) is 2.43. The van der Waals surface area contributed by atoms with Gasteiger partial charge in [-0.1, -0.05) is 32.1 Å². The molecular weight excluding hydrogens is 204 g/mol. The van der Waals surface area contributed by atoms with Crippen molar-refractivity contribution in [1.29, 1.82) is 0 Å². The van der Waals surface area contributed by atoms with E-state index in [1.807, 2.05) is 6.08 Å². The van der Waals surface area contributed by atoms with Crippen molar-refractivity contribution in [3.63, 3.8) is 0 Å². The number of allylic oxidation sites excluding steroid dienone is 2. The zero-order valence-electron chi connectivity index (χ0n) is 9.86. The molecule has 16 heavy (non-hydrogen) atoms. The maximum atomic E-state index is 11.3. The molecule has 1 rings (SSSR count). The van der Waals surface area contributed by atoms with Crippen molar-refractivity contribution >= 4 is 11.8 Å². The molecule has 0 radical (unpaired) electrons. The Morgan fingerprint density at radius 3 is 2.69 bits per heavy atom. The maximum Gasteiger partial charge on any atom is 0.313 e. The molecule has 0 heterocycles. The normalized spacial score (nSPS) is 14.8. The van der Waals surface area contributed by atoms with E-state index >= 15 is 0 Å². The Balaban J connectivity index is 2.27. The highest BCUT2D eigenvalue weighted by atomic mass is 16.5. The van der Waals surface area contributed by atoms with E-state index in [0.717, 1.165) is 18.4 Å². The summed E-state index contributed by atoms with van der Waals surface area (Å²) in [5.41, 5.74) is 1.01. The van der Waals surface area contributed by atoms with E-state index in [0.29, 0.717) is 0 Å². The Morgan fingerprint density at radius 1 is 1.38 bits per heavy atom. The average Bonchev–Trinajstić information content (AvgIpc) is 2.27. The smallest absolute Gasteiger partial charge is 0.313 e. The number of hydrogen-bond donors (Lipinski definition) is 0. The summed E-state index contributed by atoms with van der Waals surface area (Å²) in [6, 6.07) is 0. The van der Waals surface area contributed by atoms with E-state index < -0.39 is 5.97 Å². The van der Waals surface area contributed by atoms with Gasteiger partial charge < -0.3 is 4.74 Å². The second-order valence-corrected chi connectivity index (χ2v) is 4.22. The molecule has 0 fully saturated rings. The molecule has 0 aromatic rings. The van der Waals surface area contributed by atoms with Crippen LogP contribution in [-0.4, -0.2) is 18.4 Å². The first-order chi connectivity index (χ1) is 7.59. The van der Waals surface area contributed by atoms with Gasteiger partial charge in [0.15, 0.2) is 0 Å². The molecule has 0 aromatic heterocycles. The fraction of sp³-hybridized carbons (Fsp3) is 0.538. The molecule has 88 valence electrons. The first-order valence-electron chi connectivity index (χ1n) is 5.63. The lowest BCUT2D eigenvalue weighted by Gasteiger charge is -2.08. The van der Waals surface area contributed by atoms with Gasteiger partial charge in [-0.15, -0.1) is 0 Å². The van der Waals surface area contributed by atoms with Gasteiger partial charge in [0.05, 0.1) is 0 Å². The van der Waals surface area contributed by atoms with Crippen LogP contribution >= 0.6 is 0 Å². The van der Waals surface area contributed by atoms with Crippen LogP contribution in [0.25, 0.3) is 0 Å². The first-order valence-corrected chi connectivity index (χ1v) is 5.63. The van der Waals surface area contributed by atoms with Crippen LogP contribution in [0.4, 0.5) is 0 Å². The summed E-state index contributed by atoms with van der Waals surface area (Å²) in [6.07, 6.45) is 7.99. The predicted molar refractivity (Wildman–Crippen MR) is 61.9 cm³/mol. The Morgan fingerprint density at radius 2 is 2.12 bits per heavy atom. The van der Waals surface area contributed by atoms with E-state index in [-0.39, 0.29) is 24.7 Å². The Kier molecular flexibility index (Phi) is 4.96. The van der Waals surface area contributed by atoms with Crippen molar-refractivity contribution in [2.75, 3.05) is 6.61 Å². The van der Waals surface area contributed by atoms with Crippen LogP contribution in [-0.2, 0) is 14.3 Å². The lowest BCUT2D eigenvalue weighted by Crippen LogP contribution is -2.16. The lowest BCUT2D eigenvalue weighted by atomic mass is 10.1. The van der Waals surface area contributed by atoms with Crippen molar-refractivity contribution in [2.24, 2.45) is 5.92 Å². The van der Waals surface area contributed by atoms with E-state index in [1.165, 1.54) is 0 Å². The SMILES string of the molecule is CC(C)C(=O)CC(=O)OCC1=CCCC=C1. The number of Topliss-reactive ketones (excluding diaryl/α,β-unsaturated/α-hetero) is 1. The second kappa shape index (κ2) is 6.26. The number of carbonyl (C=O) groups excluding carboxylic acids is 2. The standard InChI is InChI=1S/C13H18O3/c1-10(2)12(14)8-13(15)16-9-11-6-4-3-5-7-11/h4,6-7,10H,3,5,8-9H2,1-2H3. The molecule has 1 aliphatic carbocycles. The van der Waals surface area contributed by atoms with Crippen molar-refractivity contribution in [1.82, 2.24) is 0 Å². The molecule has 0 N–H and O–H groups in total. The topological polar surface area (TPSA) is 43.4 Å². The molecule has 0 bridgehead atoms. The molecule has 0 aromatic carbocycles. The maximum absolute atomic E-state index is 11.3. The molecular formula is C13H18O3. The van der Waals surface area contributed by atoms with Crippen LogP contribution in [0.3, 0.4) is 0 Å². The zero-order chi connectivity index (χ0) is 12.0. The second-order valence-electron chi connectivity index (χ2n) is 4.22. The summed E-state index contributed by atoms with van der Waals surface area (Å²) in [5.74, 6) is -0.613. The van der Waals surface area contributed by atoms with Gasteiger partial charge in [0, 0.05) is 5.92 Å². The minimum atomic E-state index is -0.432. The quantitative estimate of drug-likeness (QED) is 0.530. The van der Waals surface area contributed by atoms with Crippen molar-refractivity contribution in [3.05, 3.63) is 23.8 Å². The van der Waals surface area contributed by atoms with Crippen molar-refractivity contribution in [3.8, 4) is 0 Å². The van der Waals surface area contributed by atoms with Crippen LogP contribution in [0.2, 0.25) is 0 Å². The van der Waals surface area contributed by atoms with Crippen molar-refractivity contribution in [2.45, 2.75) is 33.1 Å². The Bertz CT molecular complexity index is 324. The van der Waals surface area contributed by atoms with Crippen LogP contribution in [0, 0.1) is 5.92 Å². The van der Waals surface area contributed by atoms with E-state index in [1.54, 1.807) is 13.8 Å². The van der Waals surface area contributed by atoms with Gasteiger partial charge in [-0.05, 0) is 18.4 Å². The number of ether oxygens (including phenoxy) is 1. The molecule has 0 spiro atoms. The summed E-state index contributed by atoms with van der Waals surface area (Å²) < 4.78 is 5.02. The number of ketones is 1. The third-order valence-corrected chi connectivity index (χ3v) is 2.43. The van der Waals surface area contributed by atoms with Gasteiger partial charge in [-0.2, -0.15) is 0 Å². The average molecular weight is 222 g/mol. The van der Waals surface area contributed by atoms with Crippen LogP contribution in [0.1, 0.15) is 33.1 Å². The minimum Gasteiger partial charge on any atom is -0.460 e. The van der Waals surface area contributed by atoms with Crippen LogP contribution in [0.15, 0.2) is 23.8 Å². The fourth-order valence-corrected chi connectivity index (χ4v) is 1.34. The molecule has 0 atom stereocenters. The van der Waals surface area contributed by atoms with E-state index in [4.69, 9.17) is 4.74 Å². The number of hydrogen-bond acceptors (Lipinski definition) is 3. The summed E-state index contributed by atoms with van der Waals surface area (Å²) in [4.78, 5) is 22.6. The monoisotopic (exact) mass is 222 g/mol. The Labute approximate surface area is 96.2 Å². The lowest BCUT2D eigenvalue weighted by molar-refractivity contribution is -0.145. The van der Waals surface area contributed by atoms with Crippen LogP contribution in [0.5, 0.6) is 0 Å². The molecule has 0 saturated carbocycles. The molecule has 0 amide bonds. The van der Waals surface area contributed by atoms with Crippen LogP contribution < -0.4 is 0 Å². The number of esters is 1. The van der Waals surface area contributed by atoms with Gasteiger partial charge in [-0.3, -0.25) is 9.59 Å². The molecule has 0 aliphatic heterocycles. The highest BCUT2D eigenvalue weighted by Gasteiger charge is 2.14. The van der Waals surface area contributed by atoms with E-state index in [2.05, 4.69) is 12.2 Å². The summed E-state index contributed by atoms with van der Waals surface area (Å²) in [7, 11) is 0. The zero-order valence-corrected chi connectivity index (χ0v) is 9.86. The highest BCUT2D eigenvalue weighted by Crippen LogP contribution is 2.10. The van der Waals surface area contributed by atoms with Crippen molar-refractivity contribution < 1.29 is 14.3 Å². The fourth-order valence-electron chi connectivity index (χ4n) is 1.34. The molecule has 0 saturated heterocycles. The summed E-state index contributed by atoms with van der Waals surface area (Å²) >= 11 is 0. The van der Waals surface area contributed by atoms with Gasteiger partial charge in [0.2, 0.25) is 0 Å². The molecule has 3 nitrogen and oxygen atoms in total. The largest absolute Gasteiger partial charge is 0.460 e. The van der Waals surface area contributed by atoms with E-state index in [9.17, 15) is 9.59 Å². The van der Waals surface area contributed by atoms with Gasteiger partial charge in [0.25, 0.3) is 0 Å². The molecule has 3 heteroatoms. The van der Waals surface area contributed by atoms with Gasteiger partial charge >= 0.3 is 5.97 Å². The minimum absolute atomic E-state index is 0.0711. The predicted octanol–water partition coefficient (Wildman–Crippen LogP) is 2.42. The Hall–Kier alpha value is -1.38. The summed E-state index contributed by atoms with van der Waals surface area (Å²) in [6.45, 7) is 3.84. The third kappa shape index (κ3) is 4.43. The highest BCUT2D eigenvalue weighted by molar-refractivity contribution is 5.96. The van der Waals surface area contributed by atoms with Gasteiger partial charge in [0.1, 0.15) is 18.8 Å². The molecule has 1 aliphatic rings. The number of rotatable bonds is 5. The number of carbonyl (C=O) groups is 2. The summed E-state index contributed by atoms with van der Waals surface area (Å²) in [5, 5.41) is 0. The van der Waals surface area contributed by atoms with Gasteiger partial charge in [-0.25, -0.2) is 0 Å². The first kappa shape index (κ1) is 12.7.